The van der Waals surface area contributed by atoms with Gasteiger partial charge in [-0.1, -0.05) is 44.2 Å². The topological polar surface area (TPSA) is 85.9 Å². The Labute approximate surface area is 223 Å². The van der Waals surface area contributed by atoms with Crippen LogP contribution in [0.2, 0.25) is 0 Å². The quantitative estimate of drug-likeness (QED) is 0.364. The van der Waals surface area contributed by atoms with E-state index >= 15 is 0 Å². The van der Waals surface area contributed by atoms with E-state index in [1.165, 1.54) is 37.7 Å². The standard InChI is InChI=1S/C29H49N5O3/c1-4-30-28(35)32-21-26(20-24-10-7-6-8-11-24)34(29(36)31-5-2)22-25-12-9-18-33(25)19-17-23-13-15-27(37-3)16-14-23/h13-16,24-26H,4-12,17-22H2,1-3H3,(H,31,36)(H2,30,32,35)/t25-,26+/m0/s1. The van der Waals surface area contributed by atoms with Gasteiger partial charge in [0.25, 0.3) is 0 Å². The number of hydrogen-bond acceptors (Lipinski definition) is 4. The summed E-state index contributed by atoms with van der Waals surface area (Å²) in [6.45, 7) is 8.29. The molecule has 0 spiro atoms. The first-order valence-corrected chi connectivity index (χ1v) is 14.5. The number of amides is 4. The zero-order chi connectivity index (χ0) is 26.5. The van der Waals surface area contributed by atoms with Crippen molar-refractivity contribution in [1.29, 1.82) is 0 Å². The summed E-state index contributed by atoms with van der Waals surface area (Å²) in [6.07, 6.45) is 10.5. The lowest BCUT2D eigenvalue weighted by Gasteiger charge is -2.38. The average molecular weight is 516 g/mol. The highest BCUT2D eigenvalue weighted by Crippen LogP contribution is 2.29. The Bertz CT molecular complexity index is 812. The minimum atomic E-state index is -0.158. The van der Waals surface area contributed by atoms with Gasteiger partial charge in [-0.2, -0.15) is 0 Å². The fourth-order valence-corrected chi connectivity index (χ4v) is 5.90. The molecule has 2 fully saturated rings. The second kappa shape index (κ2) is 15.7. The number of urea groups is 2. The van der Waals surface area contributed by atoms with E-state index in [0.29, 0.717) is 38.1 Å². The van der Waals surface area contributed by atoms with E-state index in [0.717, 1.165) is 44.5 Å². The summed E-state index contributed by atoms with van der Waals surface area (Å²) < 4.78 is 5.29. The van der Waals surface area contributed by atoms with Crippen molar-refractivity contribution in [1.82, 2.24) is 25.8 Å². The maximum Gasteiger partial charge on any atom is 0.317 e. The van der Waals surface area contributed by atoms with Crippen molar-refractivity contribution in [3.05, 3.63) is 29.8 Å². The van der Waals surface area contributed by atoms with Gasteiger partial charge >= 0.3 is 12.1 Å². The molecule has 1 aliphatic heterocycles. The van der Waals surface area contributed by atoms with E-state index < -0.39 is 0 Å². The molecule has 37 heavy (non-hydrogen) atoms. The fraction of sp³-hybridized carbons (Fsp3) is 0.724. The molecule has 0 aromatic heterocycles. The molecular weight excluding hydrogens is 466 g/mol. The molecule has 3 rings (SSSR count). The maximum absolute atomic E-state index is 13.4. The van der Waals surface area contributed by atoms with E-state index in [1.807, 2.05) is 30.9 Å². The van der Waals surface area contributed by atoms with Gasteiger partial charge in [0.05, 0.1) is 13.2 Å². The summed E-state index contributed by atoms with van der Waals surface area (Å²) in [4.78, 5) is 30.2. The van der Waals surface area contributed by atoms with Crippen LogP contribution in [0.5, 0.6) is 5.75 Å². The van der Waals surface area contributed by atoms with Crippen molar-refractivity contribution < 1.29 is 14.3 Å². The predicted octanol–water partition coefficient (Wildman–Crippen LogP) is 4.39. The van der Waals surface area contributed by atoms with Crippen molar-refractivity contribution >= 4 is 12.1 Å². The van der Waals surface area contributed by atoms with Gasteiger partial charge in [0, 0.05) is 38.8 Å². The molecule has 1 aromatic rings. The van der Waals surface area contributed by atoms with E-state index in [2.05, 4.69) is 33.0 Å². The number of hydrogen-bond donors (Lipinski definition) is 3. The molecule has 2 aliphatic rings. The van der Waals surface area contributed by atoms with Crippen LogP contribution in [-0.4, -0.2) is 80.3 Å². The summed E-state index contributed by atoms with van der Waals surface area (Å²) in [7, 11) is 1.69. The molecular formula is C29H49N5O3. The van der Waals surface area contributed by atoms with Gasteiger partial charge in [0.15, 0.2) is 0 Å². The third-order valence-corrected chi connectivity index (χ3v) is 7.95. The molecule has 1 saturated carbocycles. The molecule has 0 radical (unpaired) electrons. The third kappa shape index (κ3) is 9.40. The number of benzene rings is 1. The molecule has 1 saturated heterocycles. The molecule has 8 heteroatoms. The number of likely N-dealkylation sites (tertiary alicyclic amines) is 1. The molecule has 4 amide bonds. The predicted molar refractivity (Wildman–Crippen MR) is 149 cm³/mol. The van der Waals surface area contributed by atoms with Gasteiger partial charge < -0.3 is 25.6 Å². The minimum absolute atomic E-state index is 0.0111. The van der Waals surface area contributed by atoms with Crippen LogP contribution in [0.4, 0.5) is 9.59 Å². The summed E-state index contributed by atoms with van der Waals surface area (Å²) in [5.41, 5.74) is 1.30. The highest BCUT2D eigenvalue weighted by Gasteiger charge is 2.33. The largest absolute Gasteiger partial charge is 0.497 e. The highest BCUT2D eigenvalue weighted by molar-refractivity contribution is 5.75. The lowest BCUT2D eigenvalue weighted by atomic mass is 9.84. The SMILES string of the molecule is CCNC(=O)NC[C@@H](CC1CCCCC1)N(C[C@@H]1CCCN1CCc1ccc(OC)cc1)C(=O)NCC. The number of nitrogens with zero attached hydrogens (tertiary/aromatic N) is 2. The first-order valence-electron chi connectivity index (χ1n) is 14.5. The molecule has 208 valence electrons. The zero-order valence-corrected chi connectivity index (χ0v) is 23.3. The molecule has 2 atom stereocenters. The van der Waals surface area contributed by atoms with E-state index in [9.17, 15) is 9.59 Å². The smallest absolute Gasteiger partial charge is 0.317 e. The van der Waals surface area contributed by atoms with Crippen LogP contribution in [0.25, 0.3) is 0 Å². The van der Waals surface area contributed by atoms with Crippen molar-refractivity contribution in [2.45, 2.75) is 83.7 Å². The molecule has 8 nitrogen and oxygen atoms in total. The second-order valence-corrected chi connectivity index (χ2v) is 10.6. The van der Waals surface area contributed by atoms with Crippen LogP contribution in [0.3, 0.4) is 0 Å². The normalized spacial score (nSPS) is 19.3. The van der Waals surface area contributed by atoms with E-state index in [4.69, 9.17) is 4.74 Å². The Morgan fingerprint density at radius 2 is 1.73 bits per heavy atom. The lowest BCUT2D eigenvalue weighted by Crippen LogP contribution is -2.55. The second-order valence-electron chi connectivity index (χ2n) is 10.6. The summed E-state index contributed by atoms with van der Waals surface area (Å²) in [5, 5.41) is 8.94. The first-order chi connectivity index (χ1) is 18.0. The van der Waals surface area contributed by atoms with Crippen LogP contribution >= 0.6 is 0 Å². The van der Waals surface area contributed by atoms with Gasteiger partial charge in [-0.15, -0.1) is 0 Å². The van der Waals surface area contributed by atoms with Crippen molar-refractivity contribution in [3.8, 4) is 5.75 Å². The summed E-state index contributed by atoms with van der Waals surface area (Å²) in [6, 6.07) is 8.46. The van der Waals surface area contributed by atoms with Crippen LogP contribution in [0, 0.1) is 5.92 Å². The van der Waals surface area contributed by atoms with E-state index in [-0.39, 0.29) is 18.1 Å². The Hall–Kier alpha value is -2.48. The number of carbonyl (C=O) groups excluding carboxylic acids is 2. The molecule has 0 bridgehead atoms. The molecule has 0 unspecified atom stereocenters. The Morgan fingerprint density at radius 3 is 2.41 bits per heavy atom. The first kappa shape index (κ1) is 29.1. The number of carbonyl (C=O) groups is 2. The highest BCUT2D eigenvalue weighted by atomic mass is 16.5. The molecule has 3 N–H and O–H groups in total. The van der Waals surface area contributed by atoms with Crippen LogP contribution in [0.1, 0.15) is 70.8 Å². The summed E-state index contributed by atoms with van der Waals surface area (Å²) in [5.74, 6) is 1.49. The minimum Gasteiger partial charge on any atom is -0.497 e. The Kier molecular flexibility index (Phi) is 12.3. The van der Waals surface area contributed by atoms with Gasteiger partial charge in [-0.05, 0) is 69.7 Å². The third-order valence-electron chi connectivity index (χ3n) is 7.95. The van der Waals surface area contributed by atoms with E-state index in [1.54, 1.807) is 7.11 Å². The summed E-state index contributed by atoms with van der Waals surface area (Å²) >= 11 is 0. The molecule has 1 aromatic carbocycles. The maximum atomic E-state index is 13.4. The average Bonchev–Trinajstić information content (AvgIpc) is 3.36. The molecule has 1 aliphatic carbocycles. The molecule has 1 heterocycles. The van der Waals surface area contributed by atoms with Gasteiger partial charge in [-0.25, -0.2) is 9.59 Å². The number of ether oxygens (including phenoxy) is 1. The van der Waals surface area contributed by atoms with Gasteiger partial charge in [0.1, 0.15) is 5.75 Å². The zero-order valence-electron chi connectivity index (χ0n) is 23.3. The van der Waals surface area contributed by atoms with Crippen LogP contribution in [-0.2, 0) is 6.42 Å². The van der Waals surface area contributed by atoms with Gasteiger partial charge in [-0.3, -0.25) is 4.90 Å². The van der Waals surface area contributed by atoms with Crippen LogP contribution < -0.4 is 20.7 Å². The van der Waals surface area contributed by atoms with Crippen LogP contribution in [0.15, 0.2) is 24.3 Å². The monoisotopic (exact) mass is 515 g/mol. The number of nitrogens with one attached hydrogen (secondary N) is 3. The van der Waals surface area contributed by atoms with Crippen molar-refractivity contribution in [3.63, 3.8) is 0 Å². The Balaban J connectivity index is 1.69. The number of rotatable bonds is 13. The number of methoxy groups -OCH3 is 1. The lowest BCUT2D eigenvalue weighted by molar-refractivity contribution is 0.125. The van der Waals surface area contributed by atoms with Crippen molar-refractivity contribution in [2.75, 3.05) is 46.4 Å². The van der Waals surface area contributed by atoms with Gasteiger partial charge in [0.2, 0.25) is 0 Å². The fourth-order valence-electron chi connectivity index (χ4n) is 5.90. The van der Waals surface area contributed by atoms with Crippen molar-refractivity contribution in [2.24, 2.45) is 5.92 Å². The Morgan fingerprint density at radius 1 is 1.00 bits per heavy atom.